The first-order valence-electron chi connectivity index (χ1n) is 3.10. The summed E-state index contributed by atoms with van der Waals surface area (Å²) in [5.74, 6) is 0. The average Bonchev–Trinajstić information content (AvgIpc) is 1.76. The van der Waals surface area contributed by atoms with Gasteiger partial charge in [0.1, 0.15) is 0 Å². The molecule has 0 amide bonds. The van der Waals surface area contributed by atoms with E-state index in [1.54, 1.807) is 0 Å². The Morgan fingerprint density at radius 1 is 0.333 bits per heavy atom. The first kappa shape index (κ1) is 36.6. The van der Waals surface area contributed by atoms with Gasteiger partial charge in [0.25, 0.3) is 0 Å². The van der Waals surface area contributed by atoms with Crippen molar-refractivity contribution in [3.05, 3.63) is 0 Å². The molecule has 0 bridgehead atoms. The summed E-state index contributed by atoms with van der Waals surface area (Å²) in [7, 11) is -8.67. The van der Waals surface area contributed by atoms with Crippen LogP contribution in [-0.2, 0) is 0 Å². The predicted octanol–water partition coefficient (Wildman–Crippen LogP) is -9.77. The Morgan fingerprint density at radius 3 is 0.333 bits per heavy atom. The Hall–Kier alpha value is 1.55. The molecule has 0 aliphatic heterocycles. The van der Waals surface area contributed by atoms with Crippen LogP contribution in [0, 0.1) is 0 Å². The Morgan fingerprint density at radius 2 is 0.333 bits per heavy atom. The van der Waals surface area contributed by atoms with Gasteiger partial charge in [0.2, 0.25) is 0 Å². The monoisotopic (exact) mass is 298 g/mol. The number of hydrogen-bond donors (Lipinski definition) is 12. The van der Waals surface area contributed by atoms with Crippen LogP contribution in [0.2, 0.25) is 0 Å². The van der Waals surface area contributed by atoms with Crippen molar-refractivity contribution in [3.63, 3.8) is 0 Å². The van der Waals surface area contributed by atoms with Gasteiger partial charge in [-0.05, 0) is 0 Å². The molecule has 18 heavy (non-hydrogen) atoms. The van der Waals surface area contributed by atoms with E-state index in [1.807, 2.05) is 0 Å². The van der Waals surface area contributed by atoms with Gasteiger partial charge in [-0.1, -0.05) is 0 Å². The third kappa shape index (κ3) is 2010. The molecule has 0 aliphatic rings. The van der Waals surface area contributed by atoms with Crippen molar-refractivity contribution in [2.24, 2.45) is 0 Å². The zero-order valence-electron chi connectivity index (χ0n) is 7.68. The Bertz CT molecular complexity index is 67.1. The van der Waals surface area contributed by atoms with E-state index in [9.17, 15) is 0 Å². The summed E-state index contributed by atoms with van der Waals surface area (Å²) in [4.78, 5) is 0. The minimum atomic E-state index is -2.17. The van der Waals surface area contributed by atoms with Gasteiger partial charge in [-0.15, -0.1) is 0 Å². The molecule has 0 saturated heterocycles. The molecule has 0 unspecified atom stereocenters. The molecule has 12 N–H and O–H groups in total. The van der Waals surface area contributed by atoms with Crippen LogP contribution in [-0.4, -0.2) is 142 Å². The molecular formula is H15B4MgNaO12. The molecular weight excluding hydrogens is 283 g/mol. The van der Waals surface area contributed by atoms with Gasteiger partial charge in [0.15, 0.2) is 0 Å². The van der Waals surface area contributed by atoms with Gasteiger partial charge in [0.05, 0.1) is 0 Å². The molecule has 102 valence electrons. The molecule has 18 heteroatoms. The fourth-order valence-corrected chi connectivity index (χ4v) is 0. The maximum absolute atomic E-state index is 7.17. The maximum atomic E-state index is 7.17. The van der Waals surface area contributed by atoms with Crippen molar-refractivity contribution in [2.75, 3.05) is 0 Å². The van der Waals surface area contributed by atoms with E-state index in [0.717, 1.165) is 0 Å². The quantitative estimate of drug-likeness (QED) is 0.186. The fourth-order valence-electron chi connectivity index (χ4n) is 0. The van der Waals surface area contributed by atoms with E-state index in [-0.39, 0.29) is 52.6 Å². The molecule has 0 saturated carbocycles. The Labute approximate surface area is 141 Å². The van der Waals surface area contributed by atoms with Gasteiger partial charge in [0, 0.05) is 0 Å². The molecule has 0 fully saturated rings. The zero-order valence-corrected chi connectivity index (χ0v) is 7.68. The van der Waals surface area contributed by atoms with Crippen molar-refractivity contribution in [1.29, 1.82) is 0 Å². The van der Waals surface area contributed by atoms with Crippen molar-refractivity contribution >= 4 is 81.9 Å². The second-order valence-corrected chi connectivity index (χ2v) is 1.39. The molecule has 0 aromatic heterocycles. The van der Waals surface area contributed by atoms with E-state index in [4.69, 9.17) is 60.3 Å². The first-order valence-corrected chi connectivity index (χ1v) is 3.10. The molecule has 0 atom stereocenters. The Kier molecular flexibility index (Phi) is 63.3. The van der Waals surface area contributed by atoms with E-state index in [1.165, 1.54) is 0 Å². The number of hydrogen-bond acceptors (Lipinski definition) is 12. The van der Waals surface area contributed by atoms with E-state index < -0.39 is 29.3 Å². The zero-order chi connectivity index (χ0) is 14.3. The standard InChI is InChI=1S/4BH3O3.Mg.Na.3H/c4*2-1(3)4;;;;;/h4*2-4H;;;;;. The summed E-state index contributed by atoms with van der Waals surface area (Å²) in [6.45, 7) is 0. The molecule has 0 spiro atoms. The third-order valence-corrected chi connectivity index (χ3v) is 0. The van der Waals surface area contributed by atoms with Crippen LogP contribution in [0.1, 0.15) is 0 Å². The third-order valence-electron chi connectivity index (χ3n) is 0. The van der Waals surface area contributed by atoms with Crippen LogP contribution >= 0.6 is 0 Å². The molecule has 0 aromatic rings. The summed E-state index contributed by atoms with van der Waals surface area (Å²) >= 11 is 0. The minimum absolute atomic E-state index is 0. The van der Waals surface area contributed by atoms with Gasteiger partial charge in [-0.2, -0.15) is 0 Å². The fraction of sp³-hybridized carbons (Fsp3) is 0. The molecule has 0 heterocycles. The summed E-state index contributed by atoms with van der Waals surface area (Å²) in [6.07, 6.45) is 0. The Balaban J connectivity index is -0.0000000257. The van der Waals surface area contributed by atoms with Crippen LogP contribution in [0.5, 0.6) is 0 Å². The van der Waals surface area contributed by atoms with Crippen molar-refractivity contribution in [3.8, 4) is 0 Å². The average molecular weight is 298 g/mol. The first-order chi connectivity index (χ1) is 6.93. The van der Waals surface area contributed by atoms with E-state index in [0.29, 0.717) is 0 Å². The molecule has 0 radical (unpaired) electrons. The van der Waals surface area contributed by atoms with Crippen molar-refractivity contribution < 1.29 is 60.3 Å². The van der Waals surface area contributed by atoms with Crippen LogP contribution in [0.3, 0.4) is 0 Å². The molecule has 0 rings (SSSR count). The van der Waals surface area contributed by atoms with Crippen molar-refractivity contribution in [1.82, 2.24) is 0 Å². The van der Waals surface area contributed by atoms with Gasteiger partial charge >= 0.3 is 81.9 Å². The molecule has 0 aliphatic carbocycles. The predicted molar refractivity (Wildman–Crippen MR) is 65.3 cm³/mol. The van der Waals surface area contributed by atoms with Gasteiger partial charge in [-0.3, -0.25) is 0 Å². The van der Waals surface area contributed by atoms with Crippen LogP contribution in [0.4, 0.5) is 0 Å². The number of rotatable bonds is 0. The van der Waals surface area contributed by atoms with Crippen molar-refractivity contribution in [2.45, 2.75) is 0 Å². The normalized spacial score (nSPS) is 6.00. The molecule has 0 aromatic carbocycles. The second-order valence-electron chi connectivity index (χ2n) is 1.39. The van der Waals surface area contributed by atoms with E-state index >= 15 is 0 Å². The molecule has 12 nitrogen and oxygen atoms in total. The second kappa shape index (κ2) is 31.1. The summed E-state index contributed by atoms with van der Waals surface area (Å²) < 4.78 is 0. The summed E-state index contributed by atoms with van der Waals surface area (Å²) in [5.41, 5.74) is 0. The summed E-state index contributed by atoms with van der Waals surface area (Å²) in [5, 5.41) is 86.0. The van der Waals surface area contributed by atoms with Crippen LogP contribution < -0.4 is 0 Å². The topological polar surface area (TPSA) is 243 Å². The van der Waals surface area contributed by atoms with Gasteiger partial charge < -0.3 is 60.3 Å². The summed E-state index contributed by atoms with van der Waals surface area (Å²) in [6, 6.07) is 0. The van der Waals surface area contributed by atoms with Gasteiger partial charge in [-0.25, -0.2) is 0 Å². The van der Waals surface area contributed by atoms with Crippen LogP contribution in [0.25, 0.3) is 0 Å². The SMILES string of the molecule is OB(O)O.OB(O)O.OB(O)O.OB(O)O.[MgH2].[NaH]. The van der Waals surface area contributed by atoms with E-state index in [2.05, 4.69) is 0 Å². The van der Waals surface area contributed by atoms with Crippen LogP contribution in [0.15, 0.2) is 0 Å².